The standard InChI is InChI=1S/C19H14N2O2S2/c1-23-14-9-7-12(8-10-14)15-11-25-17-16(15)18(22)21(19(24)20-17)13-5-3-2-4-6-13/h2-11H,1H3,(H,20,24). The number of nitrogens with one attached hydrogen (secondary N) is 1. The fraction of sp³-hybridized carbons (Fsp3) is 0.0526. The first-order chi connectivity index (χ1) is 12.2. The van der Waals surface area contributed by atoms with Crippen molar-refractivity contribution in [3.05, 3.63) is 75.1 Å². The van der Waals surface area contributed by atoms with Crippen LogP contribution in [0.1, 0.15) is 0 Å². The summed E-state index contributed by atoms with van der Waals surface area (Å²) in [7, 11) is 1.63. The molecule has 0 saturated carbocycles. The van der Waals surface area contributed by atoms with Gasteiger partial charge in [-0.25, -0.2) is 0 Å². The lowest BCUT2D eigenvalue weighted by molar-refractivity contribution is 0.415. The zero-order chi connectivity index (χ0) is 17.4. The maximum absolute atomic E-state index is 13.2. The van der Waals surface area contributed by atoms with E-state index in [4.69, 9.17) is 17.0 Å². The summed E-state index contributed by atoms with van der Waals surface area (Å²) in [5, 5.41) is 2.63. The second-order valence-corrected chi connectivity index (χ2v) is 6.75. The lowest BCUT2D eigenvalue weighted by Gasteiger charge is -2.07. The molecule has 2 heterocycles. The zero-order valence-electron chi connectivity index (χ0n) is 13.4. The van der Waals surface area contributed by atoms with Crippen LogP contribution in [0.15, 0.2) is 64.8 Å². The Hall–Kier alpha value is -2.70. The molecule has 1 N–H and O–H groups in total. The quantitative estimate of drug-likeness (QED) is 0.531. The second kappa shape index (κ2) is 6.31. The molecule has 0 amide bonds. The van der Waals surface area contributed by atoms with Crippen LogP contribution in [0.3, 0.4) is 0 Å². The Morgan fingerprint density at radius 1 is 1.08 bits per heavy atom. The number of rotatable bonds is 3. The molecule has 0 aliphatic carbocycles. The molecule has 0 atom stereocenters. The molecule has 0 fully saturated rings. The normalized spacial score (nSPS) is 10.9. The van der Waals surface area contributed by atoms with Crippen molar-refractivity contribution in [1.29, 1.82) is 0 Å². The minimum atomic E-state index is -0.114. The predicted octanol–water partition coefficient (Wildman–Crippen LogP) is 4.79. The largest absolute Gasteiger partial charge is 0.497 e. The molecule has 0 aliphatic rings. The van der Waals surface area contributed by atoms with Gasteiger partial charge in [0.1, 0.15) is 10.6 Å². The molecule has 4 rings (SSSR count). The third kappa shape index (κ3) is 2.69. The van der Waals surface area contributed by atoms with Gasteiger partial charge in [-0.1, -0.05) is 30.3 Å². The van der Waals surface area contributed by atoms with E-state index in [0.29, 0.717) is 10.2 Å². The molecule has 6 heteroatoms. The molecule has 0 radical (unpaired) electrons. The van der Waals surface area contributed by atoms with Crippen LogP contribution in [-0.2, 0) is 0 Å². The third-order valence-electron chi connectivity index (χ3n) is 4.05. The second-order valence-electron chi connectivity index (χ2n) is 5.49. The van der Waals surface area contributed by atoms with Crippen molar-refractivity contribution in [1.82, 2.24) is 9.55 Å². The lowest BCUT2D eigenvalue weighted by atomic mass is 10.1. The van der Waals surface area contributed by atoms with Gasteiger partial charge < -0.3 is 9.72 Å². The number of para-hydroxylation sites is 1. The minimum Gasteiger partial charge on any atom is -0.497 e. The zero-order valence-corrected chi connectivity index (χ0v) is 15.0. The topological polar surface area (TPSA) is 47.0 Å². The van der Waals surface area contributed by atoms with Crippen LogP contribution < -0.4 is 10.3 Å². The number of hydrogen-bond donors (Lipinski definition) is 1. The summed E-state index contributed by atoms with van der Waals surface area (Å²) in [5.41, 5.74) is 2.50. The average molecular weight is 366 g/mol. The molecule has 4 nitrogen and oxygen atoms in total. The van der Waals surface area contributed by atoms with Crippen LogP contribution in [0.4, 0.5) is 0 Å². The van der Waals surface area contributed by atoms with Crippen molar-refractivity contribution < 1.29 is 4.74 Å². The molecule has 0 unspecified atom stereocenters. The Bertz CT molecular complexity index is 1160. The Labute approximate surface area is 153 Å². The van der Waals surface area contributed by atoms with E-state index in [0.717, 1.165) is 27.4 Å². The van der Waals surface area contributed by atoms with E-state index in [1.165, 1.54) is 15.9 Å². The van der Waals surface area contributed by atoms with E-state index in [1.54, 1.807) is 7.11 Å². The van der Waals surface area contributed by atoms with Crippen molar-refractivity contribution >= 4 is 33.8 Å². The highest BCUT2D eigenvalue weighted by Crippen LogP contribution is 2.32. The van der Waals surface area contributed by atoms with E-state index >= 15 is 0 Å². The Kier molecular flexibility index (Phi) is 3.99. The fourth-order valence-electron chi connectivity index (χ4n) is 2.81. The summed E-state index contributed by atoms with van der Waals surface area (Å²) in [4.78, 5) is 17.2. The molecule has 2 aromatic carbocycles. The SMILES string of the molecule is COc1ccc(-c2csc3[nH]c(=S)n(-c4ccccc4)c(=O)c23)cc1. The summed E-state index contributed by atoms with van der Waals surface area (Å²) in [6.45, 7) is 0. The van der Waals surface area contributed by atoms with Crippen LogP contribution in [0.25, 0.3) is 27.0 Å². The van der Waals surface area contributed by atoms with Gasteiger partial charge in [0, 0.05) is 10.9 Å². The van der Waals surface area contributed by atoms with Gasteiger partial charge in [-0.2, -0.15) is 0 Å². The van der Waals surface area contributed by atoms with Crippen LogP contribution in [0.5, 0.6) is 5.75 Å². The fourth-order valence-corrected chi connectivity index (χ4v) is 4.13. The molecule has 25 heavy (non-hydrogen) atoms. The molecular formula is C19H14N2O2S2. The maximum Gasteiger partial charge on any atom is 0.268 e. The Morgan fingerprint density at radius 3 is 2.48 bits per heavy atom. The first kappa shape index (κ1) is 15.8. The molecule has 124 valence electrons. The number of thiophene rings is 1. The van der Waals surface area contributed by atoms with Gasteiger partial charge in [-0.15, -0.1) is 11.3 Å². The molecule has 0 bridgehead atoms. The third-order valence-corrected chi connectivity index (χ3v) is 5.23. The summed E-state index contributed by atoms with van der Waals surface area (Å²) in [6.07, 6.45) is 0. The van der Waals surface area contributed by atoms with Gasteiger partial charge >= 0.3 is 0 Å². The number of fused-ring (bicyclic) bond motifs is 1. The number of ether oxygens (including phenoxy) is 1. The Balaban J connectivity index is 1.99. The monoisotopic (exact) mass is 366 g/mol. The number of nitrogens with zero attached hydrogens (tertiary/aromatic N) is 1. The Morgan fingerprint density at radius 2 is 1.80 bits per heavy atom. The smallest absolute Gasteiger partial charge is 0.268 e. The summed E-state index contributed by atoms with van der Waals surface area (Å²) < 4.78 is 7.14. The maximum atomic E-state index is 13.2. The number of methoxy groups -OCH3 is 1. The first-order valence-corrected chi connectivity index (χ1v) is 8.94. The van der Waals surface area contributed by atoms with Gasteiger partial charge in [-0.3, -0.25) is 9.36 Å². The molecule has 2 aromatic heterocycles. The van der Waals surface area contributed by atoms with Crippen LogP contribution >= 0.6 is 23.6 Å². The molecule has 0 aliphatic heterocycles. The van der Waals surface area contributed by atoms with Gasteiger partial charge in [0.15, 0.2) is 4.77 Å². The van der Waals surface area contributed by atoms with Crippen molar-refractivity contribution in [2.45, 2.75) is 0 Å². The van der Waals surface area contributed by atoms with Gasteiger partial charge in [0.05, 0.1) is 18.2 Å². The summed E-state index contributed by atoms with van der Waals surface area (Å²) in [6, 6.07) is 17.1. The van der Waals surface area contributed by atoms with Gasteiger partial charge in [0.2, 0.25) is 0 Å². The first-order valence-electron chi connectivity index (χ1n) is 7.65. The highest BCUT2D eigenvalue weighted by Gasteiger charge is 2.14. The predicted molar refractivity (Wildman–Crippen MR) is 105 cm³/mol. The van der Waals surface area contributed by atoms with Crippen molar-refractivity contribution in [2.24, 2.45) is 0 Å². The number of benzene rings is 2. The van der Waals surface area contributed by atoms with Crippen molar-refractivity contribution in [3.8, 4) is 22.6 Å². The lowest BCUT2D eigenvalue weighted by Crippen LogP contribution is -2.20. The average Bonchev–Trinajstić information content (AvgIpc) is 3.06. The molecule has 0 spiro atoms. The van der Waals surface area contributed by atoms with Crippen molar-refractivity contribution in [3.63, 3.8) is 0 Å². The van der Waals surface area contributed by atoms with E-state index in [-0.39, 0.29) is 5.56 Å². The number of aromatic nitrogens is 2. The highest BCUT2D eigenvalue weighted by molar-refractivity contribution is 7.71. The van der Waals surface area contributed by atoms with Crippen molar-refractivity contribution in [2.75, 3.05) is 7.11 Å². The minimum absolute atomic E-state index is 0.114. The number of hydrogen-bond acceptors (Lipinski definition) is 4. The highest BCUT2D eigenvalue weighted by atomic mass is 32.1. The van der Waals surface area contributed by atoms with Gasteiger partial charge in [0.25, 0.3) is 5.56 Å². The molecular weight excluding hydrogens is 352 g/mol. The molecule has 0 saturated heterocycles. The van der Waals surface area contributed by atoms with E-state index in [2.05, 4.69) is 4.98 Å². The number of aromatic amines is 1. The molecule has 4 aromatic rings. The summed E-state index contributed by atoms with van der Waals surface area (Å²) in [5.74, 6) is 0.782. The van der Waals surface area contributed by atoms with Crippen LogP contribution in [-0.4, -0.2) is 16.7 Å². The summed E-state index contributed by atoms with van der Waals surface area (Å²) >= 11 is 6.89. The van der Waals surface area contributed by atoms with E-state index in [9.17, 15) is 4.79 Å². The number of H-pyrrole nitrogens is 1. The van der Waals surface area contributed by atoms with E-state index in [1.807, 2.05) is 60.0 Å². The van der Waals surface area contributed by atoms with Crippen LogP contribution in [0.2, 0.25) is 0 Å². The van der Waals surface area contributed by atoms with Gasteiger partial charge in [-0.05, 0) is 42.0 Å². The van der Waals surface area contributed by atoms with Crippen LogP contribution in [0, 0.1) is 4.77 Å². The van der Waals surface area contributed by atoms with E-state index < -0.39 is 0 Å².